The summed E-state index contributed by atoms with van der Waals surface area (Å²) >= 11 is 0. The Hall–Kier alpha value is -2.43. The van der Waals surface area contributed by atoms with Crippen molar-refractivity contribution in [3.8, 4) is 11.3 Å². The van der Waals surface area contributed by atoms with E-state index < -0.39 is 4.92 Å². The molecule has 0 aliphatic rings. The van der Waals surface area contributed by atoms with E-state index in [1.807, 2.05) is 32.0 Å². The molecule has 18 heavy (non-hydrogen) atoms. The lowest BCUT2D eigenvalue weighted by Gasteiger charge is -2.07. The second kappa shape index (κ2) is 4.44. The number of aromatic nitrogens is 1. The lowest BCUT2D eigenvalue weighted by Crippen LogP contribution is -1.97. The van der Waals surface area contributed by atoms with Gasteiger partial charge >= 0.3 is 0 Å². The van der Waals surface area contributed by atoms with Crippen LogP contribution in [-0.4, -0.2) is 9.91 Å². The molecule has 0 saturated heterocycles. The van der Waals surface area contributed by atoms with Crippen LogP contribution < -0.4 is 5.73 Å². The second-order valence-corrected chi connectivity index (χ2v) is 4.21. The summed E-state index contributed by atoms with van der Waals surface area (Å²) in [4.78, 5) is 14.5. The van der Waals surface area contributed by atoms with E-state index in [1.165, 1.54) is 12.1 Å². The lowest BCUT2D eigenvalue weighted by atomic mass is 10.0. The highest BCUT2D eigenvalue weighted by molar-refractivity contribution is 5.68. The van der Waals surface area contributed by atoms with Gasteiger partial charge in [-0.3, -0.25) is 10.1 Å². The highest BCUT2D eigenvalue weighted by Gasteiger charge is 2.12. The van der Waals surface area contributed by atoms with E-state index in [2.05, 4.69) is 4.98 Å². The fourth-order valence-electron chi connectivity index (χ4n) is 1.88. The molecule has 1 aromatic carbocycles. The number of hydrogen-bond donors (Lipinski definition) is 1. The molecule has 92 valence electrons. The van der Waals surface area contributed by atoms with Crippen LogP contribution in [0.5, 0.6) is 0 Å². The molecule has 0 fully saturated rings. The van der Waals surface area contributed by atoms with Gasteiger partial charge in [-0.1, -0.05) is 23.8 Å². The predicted molar refractivity (Wildman–Crippen MR) is 70.2 cm³/mol. The topological polar surface area (TPSA) is 82.0 Å². The Morgan fingerprint density at radius 2 is 1.94 bits per heavy atom. The molecule has 2 rings (SSSR count). The summed E-state index contributed by atoms with van der Waals surface area (Å²) in [6.07, 6.45) is 0. The quantitative estimate of drug-likeness (QED) is 0.649. The summed E-state index contributed by atoms with van der Waals surface area (Å²) in [7, 11) is 0. The predicted octanol–water partition coefficient (Wildman–Crippen LogP) is 2.86. The highest BCUT2D eigenvalue weighted by Crippen LogP contribution is 2.27. The van der Waals surface area contributed by atoms with E-state index in [0.717, 1.165) is 16.7 Å². The maximum Gasteiger partial charge on any atom is 0.275 e. The minimum Gasteiger partial charge on any atom is -0.383 e. The van der Waals surface area contributed by atoms with Crippen LogP contribution in [0.1, 0.15) is 11.1 Å². The molecule has 2 aromatic rings. The molecule has 0 amide bonds. The van der Waals surface area contributed by atoms with Gasteiger partial charge < -0.3 is 5.73 Å². The van der Waals surface area contributed by atoms with Crippen molar-refractivity contribution in [1.82, 2.24) is 4.98 Å². The number of nitrogen functional groups attached to an aromatic ring is 1. The second-order valence-electron chi connectivity index (χ2n) is 4.21. The van der Waals surface area contributed by atoms with Crippen LogP contribution in [0.15, 0.2) is 30.3 Å². The van der Waals surface area contributed by atoms with Gasteiger partial charge in [-0.15, -0.1) is 0 Å². The third-order valence-electron chi connectivity index (χ3n) is 2.70. The maximum absolute atomic E-state index is 10.8. The average Bonchev–Trinajstić information content (AvgIpc) is 2.27. The number of pyridine rings is 1. The van der Waals surface area contributed by atoms with Gasteiger partial charge in [0, 0.05) is 11.6 Å². The molecule has 5 heteroatoms. The van der Waals surface area contributed by atoms with Crippen molar-refractivity contribution in [2.45, 2.75) is 13.8 Å². The SMILES string of the molecule is Cc1ccc(-c2cc([N+](=O)[O-])cc(N)n2)c(C)c1. The molecule has 0 aliphatic carbocycles. The normalized spacial score (nSPS) is 10.3. The fourth-order valence-corrected chi connectivity index (χ4v) is 1.88. The van der Waals surface area contributed by atoms with Crippen molar-refractivity contribution in [3.63, 3.8) is 0 Å². The smallest absolute Gasteiger partial charge is 0.275 e. The van der Waals surface area contributed by atoms with Crippen LogP contribution in [-0.2, 0) is 0 Å². The van der Waals surface area contributed by atoms with Gasteiger partial charge in [-0.05, 0) is 19.4 Å². The monoisotopic (exact) mass is 243 g/mol. The lowest BCUT2D eigenvalue weighted by molar-refractivity contribution is -0.384. The number of rotatable bonds is 2. The van der Waals surface area contributed by atoms with Crippen LogP contribution in [0, 0.1) is 24.0 Å². The number of aryl methyl sites for hydroxylation is 2. The number of anilines is 1. The Labute approximate surface area is 104 Å². The van der Waals surface area contributed by atoms with Crippen LogP contribution in [0.3, 0.4) is 0 Å². The van der Waals surface area contributed by atoms with Gasteiger partial charge in [0.1, 0.15) is 5.82 Å². The van der Waals surface area contributed by atoms with Gasteiger partial charge in [-0.2, -0.15) is 0 Å². The van der Waals surface area contributed by atoms with Crippen LogP contribution in [0.4, 0.5) is 11.5 Å². The molecule has 1 aromatic heterocycles. The Morgan fingerprint density at radius 1 is 1.22 bits per heavy atom. The standard InChI is InChI=1S/C13H13N3O2/c1-8-3-4-11(9(2)5-8)12-6-10(16(17)18)7-13(14)15-12/h3-7H,1-2H3,(H2,14,15). The number of benzene rings is 1. The summed E-state index contributed by atoms with van der Waals surface area (Å²) < 4.78 is 0. The third-order valence-corrected chi connectivity index (χ3v) is 2.70. The molecule has 0 atom stereocenters. The van der Waals surface area contributed by atoms with Crippen molar-refractivity contribution in [2.75, 3.05) is 5.73 Å². The van der Waals surface area contributed by atoms with E-state index in [1.54, 1.807) is 0 Å². The van der Waals surface area contributed by atoms with E-state index in [4.69, 9.17) is 5.73 Å². The van der Waals surface area contributed by atoms with Gasteiger partial charge in [0.2, 0.25) is 0 Å². The summed E-state index contributed by atoms with van der Waals surface area (Å²) in [6.45, 7) is 3.94. The summed E-state index contributed by atoms with van der Waals surface area (Å²) in [5, 5.41) is 10.8. The molecular weight excluding hydrogens is 230 g/mol. The van der Waals surface area contributed by atoms with Crippen molar-refractivity contribution in [1.29, 1.82) is 0 Å². The Balaban J connectivity index is 2.60. The van der Waals surface area contributed by atoms with Gasteiger partial charge in [0.25, 0.3) is 5.69 Å². The maximum atomic E-state index is 10.8. The molecule has 2 N–H and O–H groups in total. The molecule has 5 nitrogen and oxygen atoms in total. The summed E-state index contributed by atoms with van der Waals surface area (Å²) in [5.74, 6) is 0.152. The highest BCUT2D eigenvalue weighted by atomic mass is 16.6. The Kier molecular flexibility index (Phi) is 2.97. The van der Waals surface area contributed by atoms with Crippen LogP contribution in [0.2, 0.25) is 0 Å². The first kappa shape index (κ1) is 12.0. The number of nitrogens with zero attached hydrogens (tertiary/aromatic N) is 2. The van der Waals surface area contributed by atoms with Crippen molar-refractivity contribution in [3.05, 3.63) is 51.6 Å². The van der Waals surface area contributed by atoms with Crippen LogP contribution >= 0.6 is 0 Å². The average molecular weight is 243 g/mol. The zero-order valence-electron chi connectivity index (χ0n) is 10.2. The first-order valence-corrected chi connectivity index (χ1v) is 5.47. The zero-order valence-corrected chi connectivity index (χ0v) is 10.2. The van der Waals surface area contributed by atoms with E-state index in [9.17, 15) is 10.1 Å². The first-order chi connectivity index (χ1) is 8.47. The van der Waals surface area contributed by atoms with Crippen molar-refractivity contribution in [2.24, 2.45) is 0 Å². The van der Waals surface area contributed by atoms with Crippen molar-refractivity contribution >= 4 is 11.5 Å². The molecule has 0 saturated carbocycles. The summed E-state index contributed by atoms with van der Waals surface area (Å²) in [5.41, 5.74) is 9.09. The van der Waals surface area contributed by atoms with Gasteiger partial charge in [0.15, 0.2) is 0 Å². The molecule has 0 bridgehead atoms. The van der Waals surface area contributed by atoms with Gasteiger partial charge in [0.05, 0.1) is 16.7 Å². The molecule has 0 spiro atoms. The zero-order chi connectivity index (χ0) is 13.3. The Bertz CT molecular complexity index is 624. The van der Waals surface area contributed by atoms with Crippen molar-refractivity contribution < 1.29 is 4.92 Å². The molecule has 1 heterocycles. The molecular formula is C13H13N3O2. The molecule has 0 radical (unpaired) electrons. The van der Waals surface area contributed by atoms with E-state index in [0.29, 0.717) is 5.69 Å². The number of hydrogen-bond acceptors (Lipinski definition) is 4. The minimum absolute atomic E-state index is 0.0440. The molecule has 0 unspecified atom stereocenters. The third kappa shape index (κ3) is 2.29. The Morgan fingerprint density at radius 3 is 2.56 bits per heavy atom. The van der Waals surface area contributed by atoms with Gasteiger partial charge in [-0.25, -0.2) is 4.98 Å². The van der Waals surface area contributed by atoms with E-state index in [-0.39, 0.29) is 11.5 Å². The number of nitro groups is 1. The van der Waals surface area contributed by atoms with Crippen LogP contribution in [0.25, 0.3) is 11.3 Å². The summed E-state index contributed by atoms with van der Waals surface area (Å²) in [6, 6.07) is 8.54. The first-order valence-electron chi connectivity index (χ1n) is 5.47. The number of nitrogens with two attached hydrogens (primary N) is 1. The fraction of sp³-hybridized carbons (Fsp3) is 0.154. The minimum atomic E-state index is -0.467. The molecule has 0 aliphatic heterocycles. The largest absolute Gasteiger partial charge is 0.383 e. The van der Waals surface area contributed by atoms with E-state index >= 15 is 0 Å².